The van der Waals surface area contributed by atoms with Gasteiger partial charge in [-0.3, -0.25) is 9.69 Å². The molecule has 6 heteroatoms. The van der Waals surface area contributed by atoms with Gasteiger partial charge in [0.25, 0.3) is 0 Å². The van der Waals surface area contributed by atoms with Gasteiger partial charge in [0.2, 0.25) is 5.91 Å². The van der Waals surface area contributed by atoms with Crippen LogP contribution < -0.4 is 10.1 Å². The Kier molecular flexibility index (Phi) is 7.21. The fraction of sp³-hybridized carbons (Fsp3) is 0.444. The van der Waals surface area contributed by atoms with Gasteiger partial charge < -0.3 is 10.1 Å². The minimum absolute atomic E-state index is 0.0532. The number of hydrogen-bond acceptors (Lipinski definition) is 5. The Morgan fingerprint density at radius 2 is 2.04 bits per heavy atom. The summed E-state index contributed by atoms with van der Waals surface area (Å²) in [5.41, 5.74) is 2.19. The van der Waals surface area contributed by atoms with E-state index in [1.807, 2.05) is 43.5 Å². The lowest BCUT2D eigenvalue weighted by Crippen LogP contribution is -2.36. The number of nitrogens with zero attached hydrogens (tertiary/aromatic N) is 2. The summed E-state index contributed by atoms with van der Waals surface area (Å²) in [6, 6.07) is 8.00. The molecule has 0 radical (unpaired) electrons. The van der Waals surface area contributed by atoms with Crippen LogP contribution >= 0.6 is 11.3 Å². The summed E-state index contributed by atoms with van der Waals surface area (Å²) in [6.07, 6.45) is 0. The lowest BCUT2D eigenvalue weighted by atomic mass is 10.2. The number of hydrogen-bond donors (Lipinski definition) is 1. The molecule has 24 heavy (non-hydrogen) atoms. The molecule has 0 saturated heterocycles. The summed E-state index contributed by atoms with van der Waals surface area (Å²) in [5.74, 6) is 0.904. The van der Waals surface area contributed by atoms with E-state index in [0.29, 0.717) is 26.2 Å². The van der Waals surface area contributed by atoms with Gasteiger partial charge in [-0.1, -0.05) is 24.6 Å². The maximum absolute atomic E-state index is 11.7. The minimum atomic E-state index is 0.0532. The predicted molar refractivity (Wildman–Crippen MR) is 97.3 cm³/mol. The summed E-state index contributed by atoms with van der Waals surface area (Å²) >= 11 is 1.59. The van der Waals surface area contributed by atoms with Crippen molar-refractivity contribution in [2.75, 3.05) is 19.6 Å². The van der Waals surface area contributed by atoms with Crippen molar-refractivity contribution in [1.82, 2.24) is 15.2 Å². The molecule has 0 atom stereocenters. The van der Waals surface area contributed by atoms with Crippen LogP contribution in [0.1, 0.15) is 30.1 Å². The van der Waals surface area contributed by atoms with Crippen LogP contribution in [0.2, 0.25) is 0 Å². The van der Waals surface area contributed by atoms with Crippen LogP contribution in [-0.4, -0.2) is 35.4 Å². The second-order valence-electron chi connectivity index (χ2n) is 5.59. The molecule has 0 unspecified atom stereocenters. The van der Waals surface area contributed by atoms with Crippen molar-refractivity contribution in [2.24, 2.45) is 0 Å². The van der Waals surface area contributed by atoms with Gasteiger partial charge >= 0.3 is 0 Å². The second-order valence-corrected chi connectivity index (χ2v) is 6.53. The molecule has 1 aromatic heterocycles. The van der Waals surface area contributed by atoms with Crippen LogP contribution in [0.25, 0.3) is 0 Å². The third-order valence-corrected chi connectivity index (χ3v) is 4.43. The number of rotatable bonds is 9. The summed E-state index contributed by atoms with van der Waals surface area (Å²) in [7, 11) is 0. The molecule has 0 saturated carbocycles. The number of likely N-dealkylation sites (N-methyl/N-ethyl adjacent to an activating group) is 2. The molecule has 1 amide bonds. The number of carbonyl (C=O) groups excluding carboxylic acids is 1. The molecule has 0 aliphatic carbocycles. The molecule has 0 aliphatic rings. The lowest BCUT2D eigenvalue weighted by molar-refractivity contribution is -0.122. The zero-order valence-electron chi connectivity index (χ0n) is 14.5. The van der Waals surface area contributed by atoms with Crippen molar-refractivity contribution in [3.63, 3.8) is 0 Å². The number of aryl methyl sites for hydroxylation is 1. The van der Waals surface area contributed by atoms with Crippen molar-refractivity contribution in [3.05, 3.63) is 45.9 Å². The maximum atomic E-state index is 11.7. The quantitative estimate of drug-likeness (QED) is 0.758. The highest BCUT2D eigenvalue weighted by atomic mass is 32.1. The van der Waals surface area contributed by atoms with Crippen molar-refractivity contribution in [3.8, 4) is 5.75 Å². The van der Waals surface area contributed by atoms with Crippen molar-refractivity contribution >= 4 is 17.2 Å². The third-order valence-electron chi connectivity index (χ3n) is 3.56. The number of benzene rings is 1. The zero-order valence-corrected chi connectivity index (χ0v) is 15.4. The van der Waals surface area contributed by atoms with Crippen LogP contribution in [-0.2, 0) is 17.9 Å². The Bertz CT molecular complexity index is 640. The maximum Gasteiger partial charge on any atom is 0.234 e. The Labute approximate surface area is 147 Å². The van der Waals surface area contributed by atoms with E-state index in [4.69, 9.17) is 4.74 Å². The van der Waals surface area contributed by atoms with Crippen LogP contribution in [0.5, 0.6) is 5.75 Å². The summed E-state index contributed by atoms with van der Waals surface area (Å²) in [5, 5.41) is 5.81. The first-order valence-electron chi connectivity index (χ1n) is 8.22. The standard InChI is InChI=1S/C18H25N3O2S/c1-4-19-17(22)11-21(5-2)10-15-13-24-18(20-15)12-23-16-8-6-14(3)7-9-16/h6-9,13H,4-5,10-12H2,1-3H3,(H,19,22). The lowest BCUT2D eigenvalue weighted by Gasteiger charge is -2.18. The van der Waals surface area contributed by atoms with E-state index in [0.717, 1.165) is 23.0 Å². The van der Waals surface area contributed by atoms with E-state index >= 15 is 0 Å². The normalized spacial score (nSPS) is 10.8. The molecule has 1 N–H and O–H groups in total. The molecular formula is C18H25N3O2S. The summed E-state index contributed by atoms with van der Waals surface area (Å²) < 4.78 is 5.76. The smallest absolute Gasteiger partial charge is 0.234 e. The molecule has 2 rings (SSSR count). The molecule has 1 aromatic carbocycles. The van der Waals surface area contributed by atoms with E-state index in [-0.39, 0.29) is 5.91 Å². The monoisotopic (exact) mass is 347 g/mol. The number of thiazole rings is 1. The van der Waals surface area contributed by atoms with Gasteiger partial charge in [-0.05, 0) is 32.5 Å². The second kappa shape index (κ2) is 9.39. The summed E-state index contributed by atoms with van der Waals surface area (Å²) in [6.45, 7) is 9.04. The molecule has 0 bridgehead atoms. The Hall–Kier alpha value is -1.92. The fourth-order valence-corrected chi connectivity index (χ4v) is 2.93. The zero-order chi connectivity index (χ0) is 17.4. The van der Waals surface area contributed by atoms with Crippen LogP contribution in [0, 0.1) is 6.92 Å². The van der Waals surface area contributed by atoms with Gasteiger partial charge in [0.15, 0.2) is 0 Å². The van der Waals surface area contributed by atoms with E-state index in [9.17, 15) is 4.79 Å². The summed E-state index contributed by atoms with van der Waals surface area (Å²) in [4.78, 5) is 18.4. The van der Waals surface area contributed by atoms with Crippen LogP contribution in [0.15, 0.2) is 29.6 Å². The van der Waals surface area contributed by atoms with Crippen molar-refractivity contribution in [2.45, 2.75) is 33.9 Å². The molecule has 130 valence electrons. The number of carbonyl (C=O) groups is 1. The van der Waals surface area contributed by atoms with Gasteiger partial charge in [0.05, 0.1) is 12.2 Å². The van der Waals surface area contributed by atoms with Gasteiger partial charge in [-0.25, -0.2) is 4.98 Å². The Balaban J connectivity index is 1.85. The predicted octanol–water partition coefficient (Wildman–Crippen LogP) is 2.99. The molecule has 0 aliphatic heterocycles. The van der Waals surface area contributed by atoms with Crippen molar-refractivity contribution < 1.29 is 9.53 Å². The molecule has 2 aromatic rings. The number of aromatic nitrogens is 1. The van der Waals surface area contributed by atoms with Gasteiger partial charge in [-0.2, -0.15) is 0 Å². The first kappa shape index (κ1) is 18.4. The highest BCUT2D eigenvalue weighted by molar-refractivity contribution is 7.09. The van der Waals surface area contributed by atoms with E-state index in [2.05, 4.69) is 22.1 Å². The Morgan fingerprint density at radius 3 is 2.71 bits per heavy atom. The largest absolute Gasteiger partial charge is 0.486 e. The van der Waals surface area contributed by atoms with Crippen LogP contribution in [0.3, 0.4) is 0 Å². The fourth-order valence-electron chi connectivity index (χ4n) is 2.23. The molecule has 0 fully saturated rings. The third kappa shape index (κ3) is 5.94. The topological polar surface area (TPSA) is 54.5 Å². The number of ether oxygens (including phenoxy) is 1. The number of nitrogens with one attached hydrogen (secondary N) is 1. The first-order valence-corrected chi connectivity index (χ1v) is 9.10. The molecular weight excluding hydrogens is 322 g/mol. The number of amides is 1. The van der Waals surface area contributed by atoms with Gasteiger partial charge in [0.1, 0.15) is 17.4 Å². The molecule has 0 spiro atoms. The average Bonchev–Trinajstić information content (AvgIpc) is 3.01. The van der Waals surface area contributed by atoms with Crippen molar-refractivity contribution in [1.29, 1.82) is 0 Å². The average molecular weight is 347 g/mol. The van der Waals surface area contributed by atoms with Crippen LogP contribution in [0.4, 0.5) is 0 Å². The van der Waals surface area contributed by atoms with E-state index in [1.54, 1.807) is 11.3 Å². The van der Waals surface area contributed by atoms with E-state index in [1.165, 1.54) is 5.56 Å². The minimum Gasteiger partial charge on any atom is -0.486 e. The molecule has 1 heterocycles. The SMILES string of the molecule is CCNC(=O)CN(CC)Cc1csc(COc2ccc(C)cc2)n1. The van der Waals surface area contributed by atoms with E-state index < -0.39 is 0 Å². The Morgan fingerprint density at radius 1 is 1.29 bits per heavy atom. The highest BCUT2D eigenvalue weighted by Crippen LogP contribution is 2.17. The first-order chi connectivity index (χ1) is 11.6. The van der Waals surface area contributed by atoms with Gasteiger partial charge in [0, 0.05) is 18.5 Å². The molecule has 5 nitrogen and oxygen atoms in total. The highest BCUT2D eigenvalue weighted by Gasteiger charge is 2.11. The van der Waals surface area contributed by atoms with Gasteiger partial charge in [-0.15, -0.1) is 11.3 Å².